The van der Waals surface area contributed by atoms with E-state index in [4.69, 9.17) is 10.5 Å². The summed E-state index contributed by atoms with van der Waals surface area (Å²) in [6.07, 6.45) is -0.851. The number of hydrogen-bond donors (Lipinski definition) is 3. The van der Waals surface area contributed by atoms with Crippen molar-refractivity contribution in [2.24, 2.45) is 5.73 Å². The normalized spacial score (nSPS) is 13.1. The maximum Gasteiger partial charge on any atom is 0.408 e. The Labute approximate surface area is 231 Å². The zero-order valence-corrected chi connectivity index (χ0v) is 24.3. The average molecular weight is 539 g/mol. The van der Waals surface area contributed by atoms with Crippen molar-refractivity contribution in [2.75, 3.05) is 5.32 Å². The number of amides is 4. The number of carbonyl (C=O) groups excluding carboxylic acids is 4. The summed E-state index contributed by atoms with van der Waals surface area (Å²) in [5.41, 5.74) is 6.83. The molecule has 2 atom stereocenters. The number of hydrogen-bond acceptors (Lipinski definition) is 5. The third-order valence-electron chi connectivity index (χ3n) is 6.45. The van der Waals surface area contributed by atoms with E-state index in [-0.39, 0.29) is 0 Å². The summed E-state index contributed by atoms with van der Waals surface area (Å²) in [4.78, 5) is 54.3. The lowest BCUT2D eigenvalue weighted by molar-refractivity contribution is -0.148. The van der Waals surface area contributed by atoms with Crippen molar-refractivity contribution in [2.45, 2.75) is 91.5 Å². The summed E-state index contributed by atoms with van der Waals surface area (Å²) in [7, 11) is 0. The maximum absolute atomic E-state index is 14.3. The lowest BCUT2D eigenvalue weighted by atomic mass is 9.91. The van der Waals surface area contributed by atoms with Crippen molar-refractivity contribution >= 4 is 29.5 Å². The second kappa shape index (κ2) is 12.8. The van der Waals surface area contributed by atoms with E-state index in [1.165, 1.54) is 4.90 Å². The highest BCUT2D eigenvalue weighted by atomic mass is 16.6. The second-order valence-corrected chi connectivity index (χ2v) is 11.4. The first kappa shape index (κ1) is 31.3. The molecule has 0 bridgehead atoms. The molecule has 0 heterocycles. The lowest BCUT2D eigenvalue weighted by Gasteiger charge is -2.44. The maximum atomic E-state index is 14.3. The number of benzene rings is 2. The van der Waals surface area contributed by atoms with Crippen LogP contribution in [0.15, 0.2) is 48.5 Å². The molecule has 4 amide bonds. The Morgan fingerprint density at radius 1 is 0.949 bits per heavy atom. The van der Waals surface area contributed by atoms with E-state index in [0.29, 0.717) is 17.7 Å². The highest BCUT2D eigenvalue weighted by Gasteiger charge is 2.43. The molecule has 2 rings (SSSR count). The molecule has 0 saturated heterocycles. The standard InChI is InChI=1S/C30H42N4O5/c1-9-30(7,8)34(27(37)23(18-24(31)35)33-28(38)39-29(4,5)6)25(21-16-14-19(2)15-17-21)26(36)32-22-13-11-10-12-20(22)3/h10-17,23,25H,9,18H2,1-8H3,(H2,31,35)(H,32,36)(H,33,38). The fourth-order valence-electron chi connectivity index (χ4n) is 4.05. The zero-order valence-electron chi connectivity index (χ0n) is 24.3. The van der Waals surface area contributed by atoms with E-state index >= 15 is 0 Å². The van der Waals surface area contributed by atoms with Gasteiger partial charge in [0.05, 0.1) is 6.42 Å². The topological polar surface area (TPSA) is 131 Å². The van der Waals surface area contributed by atoms with E-state index in [9.17, 15) is 19.2 Å². The molecule has 0 saturated carbocycles. The fraction of sp³-hybridized carbons (Fsp3) is 0.467. The minimum atomic E-state index is -1.35. The van der Waals surface area contributed by atoms with E-state index < -0.39 is 53.5 Å². The van der Waals surface area contributed by atoms with Crippen molar-refractivity contribution in [3.8, 4) is 0 Å². The Bertz CT molecular complexity index is 1180. The molecule has 9 heteroatoms. The van der Waals surface area contributed by atoms with Gasteiger partial charge < -0.3 is 26.0 Å². The van der Waals surface area contributed by atoms with Gasteiger partial charge in [0.15, 0.2) is 0 Å². The number of nitrogens with two attached hydrogens (primary N) is 1. The smallest absolute Gasteiger partial charge is 0.408 e. The van der Waals surface area contributed by atoms with Crippen LogP contribution in [0, 0.1) is 13.8 Å². The molecule has 0 aliphatic rings. The Kier molecular flexibility index (Phi) is 10.3. The number of nitrogens with one attached hydrogen (secondary N) is 2. The number of para-hydroxylation sites is 1. The van der Waals surface area contributed by atoms with Gasteiger partial charge >= 0.3 is 6.09 Å². The number of anilines is 1. The first-order valence-electron chi connectivity index (χ1n) is 13.1. The lowest BCUT2D eigenvalue weighted by Crippen LogP contribution is -2.59. The molecule has 9 nitrogen and oxygen atoms in total. The zero-order chi connectivity index (χ0) is 29.5. The van der Waals surface area contributed by atoms with E-state index in [0.717, 1.165) is 11.1 Å². The van der Waals surface area contributed by atoms with Crippen molar-refractivity contribution in [1.82, 2.24) is 10.2 Å². The Morgan fingerprint density at radius 3 is 2.05 bits per heavy atom. The number of ether oxygens (including phenoxy) is 1. The van der Waals surface area contributed by atoms with Crippen LogP contribution in [0.4, 0.5) is 10.5 Å². The molecular formula is C30H42N4O5. The summed E-state index contributed by atoms with van der Waals surface area (Å²) >= 11 is 0. The summed E-state index contributed by atoms with van der Waals surface area (Å²) in [5, 5.41) is 5.48. The Morgan fingerprint density at radius 2 is 1.54 bits per heavy atom. The molecule has 2 unspecified atom stereocenters. The van der Waals surface area contributed by atoms with Crippen LogP contribution in [0.2, 0.25) is 0 Å². The van der Waals surface area contributed by atoms with Gasteiger partial charge in [-0.1, -0.05) is 55.0 Å². The van der Waals surface area contributed by atoms with E-state index in [2.05, 4.69) is 10.6 Å². The molecular weight excluding hydrogens is 496 g/mol. The van der Waals surface area contributed by atoms with E-state index in [1.54, 1.807) is 39.0 Å². The largest absolute Gasteiger partial charge is 0.444 e. The highest BCUT2D eigenvalue weighted by molar-refractivity contribution is 6.00. The third kappa shape index (κ3) is 8.84. The molecule has 4 N–H and O–H groups in total. The molecule has 2 aromatic rings. The van der Waals surface area contributed by atoms with Crippen LogP contribution in [0.3, 0.4) is 0 Å². The van der Waals surface area contributed by atoms with Gasteiger partial charge in [0.1, 0.15) is 17.7 Å². The highest BCUT2D eigenvalue weighted by Crippen LogP contribution is 2.33. The molecule has 2 aromatic carbocycles. The van der Waals surface area contributed by atoms with Crippen LogP contribution in [0.1, 0.15) is 77.1 Å². The van der Waals surface area contributed by atoms with Crippen molar-refractivity contribution in [3.05, 3.63) is 65.2 Å². The van der Waals surface area contributed by atoms with Gasteiger partial charge in [0.2, 0.25) is 11.8 Å². The number of carbonyl (C=O) groups is 4. The van der Waals surface area contributed by atoms with Gasteiger partial charge in [-0.25, -0.2) is 4.79 Å². The summed E-state index contributed by atoms with van der Waals surface area (Å²) in [6, 6.07) is 12.3. The molecule has 39 heavy (non-hydrogen) atoms. The molecule has 212 valence electrons. The molecule has 0 aromatic heterocycles. The minimum absolute atomic E-state index is 0.432. The van der Waals surface area contributed by atoms with Crippen LogP contribution < -0.4 is 16.4 Å². The van der Waals surface area contributed by atoms with Gasteiger partial charge in [-0.2, -0.15) is 0 Å². The van der Waals surface area contributed by atoms with Crippen LogP contribution in [0.5, 0.6) is 0 Å². The number of primary amides is 1. The van der Waals surface area contributed by atoms with Crippen molar-refractivity contribution < 1.29 is 23.9 Å². The summed E-state index contributed by atoms with van der Waals surface area (Å²) < 4.78 is 5.34. The number of nitrogens with zero attached hydrogens (tertiary/aromatic N) is 1. The molecule has 0 radical (unpaired) electrons. The molecule has 0 spiro atoms. The molecule has 0 fully saturated rings. The first-order valence-corrected chi connectivity index (χ1v) is 13.1. The van der Waals surface area contributed by atoms with Crippen LogP contribution >= 0.6 is 0 Å². The van der Waals surface area contributed by atoms with Gasteiger partial charge in [0.25, 0.3) is 5.91 Å². The second-order valence-electron chi connectivity index (χ2n) is 11.4. The van der Waals surface area contributed by atoms with Crippen molar-refractivity contribution in [3.63, 3.8) is 0 Å². The van der Waals surface area contributed by atoms with Crippen LogP contribution in [-0.4, -0.2) is 45.9 Å². The number of aryl methyl sites for hydroxylation is 2. The predicted octanol–water partition coefficient (Wildman–Crippen LogP) is 4.77. The van der Waals surface area contributed by atoms with Crippen LogP contribution in [-0.2, 0) is 19.1 Å². The predicted molar refractivity (Wildman–Crippen MR) is 152 cm³/mol. The molecule has 0 aliphatic carbocycles. The van der Waals surface area contributed by atoms with E-state index in [1.807, 2.05) is 65.0 Å². The molecule has 0 aliphatic heterocycles. The van der Waals surface area contributed by atoms with Crippen molar-refractivity contribution in [1.29, 1.82) is 0 Å². The average Bonchev–Trinajstić information content (AvgIpc) is 2.82. The van der Waals surface area contributed by atoms with Gasteiger partial charge in [-0.3, -0.25) is 14.4 Å². The summed E-state index contributed by atoms with van der Waals surface area (Å²) in [6.45, 7) is 14.4. The minimum Gasteiger partial charge on any atom is -0.444 e. The Hall–Kier alpha value is -3.88. The fourth-order valence-corrected chi connectivity index (χ4v) is 4.05. The van der Waals surface area contributed by atoms with Gasteiger partial charge in [-0.05, 0) is 72.1 Å². The number of alkyl carbamates (subject to hydrolysis) is 1. The van der Waals surface area contributed by atoms with Gasteiger partial charge in [0, 0.05) is 11.2 Å². The first-order chi connectivity index (χ1) is 18.1. The Balaban J connectivity index is 2.64. The number of rotatable bonds is 10. The van der Waals surface area contributed by atoms with Crippen LogP contribution in [0.25, 0.3) is 0 Å². The third-order valence-corrected chi connectivity index (χ3v) is 6.45. The summed E-state index contributed by atoms with van der Waals surface area (Å²) in [5.74, 6) is -1.84. The quantitative estimate of drug-likeness (QED) is 0.401. The monoisotopic (exact) mass is 538 g/mol. The SMILES string of the molecule is CCC(C)(C)N(C(=O)C(CC(N)=O)NC(=O)OC(C)(C)C)C(C(=O)Nc1ccccc1C)c1ccc(C)cc1. The van der Waals surface area contributed by atoms with Gasteiger partial charge in [-0.15, -0.1) is 0 Å².